The third-order valence-corrected chi connectivity index (χ3v) is 4.11. The van der Waals surface area contributed by atoms with E-state index in [1.165, 1.54) is 0 Å². The van der Waals surface area contributed by atoms with Crippen molar-refractivity contribution in [3.05, 3.63) is 30.2 Å². The molecule has 0 fully saturated rings. The first-order valence-corrected chi connectivity index (χ1v) is 8.87. The highest BCUT2D eigenvalue weighted by molar-refractivity contribution is 5.76. The van der Waals surface area contributed by atoms with Crippen molar-refractivity contribution in [2.75, 3.05) is 13.2 Å². The highest BCUT2D eigenvalue weighted by Gasteiger charge is 2.26. The van der Waals surface area contributed by atoms with E-state index in [0.29, 0.717) is 37.7 Å². The molecule has 0 aliphatic carbocycles. The Balaban J connectivity index is 1.80. The van der Waals surface area contributed by atoms with Crippen LogP contribution in [-0.2, 0) is 16.0 Å². The Morgan fingerprint density at radius 1 is 1.26 bits per heavy atom. The predicted octanol–water partition coefficient (Wildman–Crippen LogP) is 2.69. The van der Waals surface area contributed by atoms with Crippen LogP contribution < -0.4 is 10.1 Å². The molecule has 0 aliphatic heterocycles. The van der Waals surface area contributed by atoms with Crippen LogP contribution in [0.1, 0.15) is 39.5 Å². The molecule has 0 unspecified atom stereocenters. The molecule has 8 heteroatoms. The van der Waals surface area contributed by atoms with Gasteiger partial charge in [0.15, 0.2) is 0 Å². The topological polar surface area (TPSA) is 115 Å². The van der Waals surface area contributed by atoms with Crippen LogP contribution in [0.2, 0.25) is 0 Å². The summed E-state index contributed by atoms with van der Waals surface area (Å²) in [6.07, 6.45) is 0.868. The van der Waals surface area contributed by atoms with Gasteiger partial charge in [0, 0.05) is 24.9 Å². The number of amides is 1. The molecule has 8 nitrogen and oxygen atoms in total. The number of carboxylic acid groups (broad SMARTS) is 1. The lowest BCUT2D eigenvalue weighted by Gasteiger charge is -2.18. The Hall–Kier alpha value is -2.90. The zero-order chi connectivity index (χ0) is 19.9. The molecule has 2 N–H and O–H groups in total. The summed E-state index contributed by atoms with van der Waals surface area (Å²) in [5.41, 5.74) is -0.0688. The van der Waals surface area contributed by atoms with Crippen LogP contribution in [0.15, 0.2) is 28.8 Å². The van der Waals surface area contributed by atoms with E-state index in [-0.39, 0.29) is 12.3 Å². The maximum Gasteiger partial charge on any atom is 0.309 e. The fraction of sp³-hybridized carbons (Fsp3) is 0.474. The van der Waals surface area contributed by atoms with Crippen molar-refractivity contribution in [2.24, 2.45) is 5.41 Å². The van der Waals surface area contributed by atoms with Gasteiger partial charge in [0.05, 0.1) is 12.0 Å². The monoisotopic (exact) mass is 375 g/mol. The molecule has 0 atom stereocenters. The van der Waals surface area contributed by atoms with Gasteiger partial charge in [-0.25, -0.2) is 0 Å². The Morgan fingerprint density at radius 3 is 2.59 bits per heavy atom. The number of carbonyl (C=O) groups is 2. The Labute approximate surface area is 157 Å². The van der Waals surface area contributed by atoms with Crippen LogP contribution in [0.3, 0.4) is 0 Å². The molecule has 0 spiro atoms. The van der Waals surface area contributed by atoms with E-state index >= 15 is 0 Å². The van der Waals surface area contributed by atoms with E-state index in [4.69, 9.17) is 14.4 Å². The van der Waals surface area contributed by atoms with E-state index in [1.807, 2.05) is 31.2 Å². The molecule has 1 heterocycles. The van der Waals surface area contributed by atoms with Crippen LogP contribution >= 0.6 is 0 Å². The first kappa shape index (κ1) is 20.4. The Morgan fingerprint density at radius 2 is 1.96 bits per heavy atom. The summed E-state index contributed by atoms with van der Waals surface area (Å²) >= 11 is 0. The third kappa shape index (κ3) is 6.09. The SMILES string of the molecule is CCOc1ccc(-c2noc(CCC(=O)NCCC(C)(C)C(=O)O)n2)cc1. The summed E-state index contributed by atoms with van der Waals surface area (Å²) in [5, 5.41) is 15.7. The van der Waals surface area contributed by atoms with Crippen molar-refractivity contribution in [1.29, 1.82) is 0 Å². The van der Waals surface area contributed by atoms with E-state index < -0.39 is 11.4 Å². The number of aryl methyl sites for hydroxylation is 1. The first-order chi connectivity index (χ1) is 12.8. The van der Waals surface area contributed by atoms with Crippen LogP contribution in [0.4, 0.5) is 0 Å². The average molecular weight is 375 g/mol. The number of rotatable bonds is 10. The van der Waals surface area contributed by atoms with Crippen molar-refractivity contribution in [1.82, 2.24) is 15.5 Å². The standard InChI is InChI=1S/C19H25N3O5/c1-4-26-14-7-5-13(6-8-14)17-21-16(27-22-17)10-9-15(23)20-12-11-19(2,3)18(24)25/h5-8H,4,9-12H2,1-3H3,(H,20,23)(H,24,25). The quantitative estimate of drug-likeness (QED) is 0.656. The molecule has 1 amide bonds. The first-order valence-electron chi connectivity index (χ1n) is 8.87. The smallest absolute Gasteiger partial charge is 0.309 e. The van der Waals surface area contributed by atoms with Gasteiger partial charge in [-0.1, -0.05) is 5.16 Å². The predicted molar refractivity (Wildman–Crippen MR) is 98.3 cm³/mol. The molecule has 146 valence electrons. The number of nitrogens with one attached hydrogen (secondary N) is 1. The second-order valence-electron chi connectivity index (χ2n) is 6.76. The normalized spacial score (nSPS) is 11.2. The van der Waals surface area contributed by atoms with E-state index in [2.05, 4.69) is 15.5 Å². The van der Waals surface area contributed by atoms with E-state index in [9.17, 15) is 9.59 Å². The number of aliphatic carboxylic acids is 1. The summed E-state index contributed by atoms with van der Waals surface area (Å²) in [4.78, 5) is 27.2. The summed E-state index contributed by atoms with van der Waals surface area (Å²) in [6, 6.07) is 7.36. The number of ether oxygens (including phenoxy) is 1. The van der Waals surface area contributed by atoms with Gasteiger partial charge < -0.3 is 19.7 Å². The molecule has 0 saturated heterocycles. The number of nitrogens with zero attached hydrogens (tertiary/aromatic N) is 2. The van der Waals surface area contributed by atoms with Crippen molar-refractivity contribution >= 4 is 11.9 Å². The van der Waals surface area contributed by atoms with Crippen molar-refractivity contribution in [2.45, 2.75) is 40.0 Å². The van der Waals surface area contributed by atoms with E-state index in [1.54, 1.807) is 13.8 Å². The molecule has 2 aromatic rings. The lowest BCUT2D eigenvalue weighted by molar-refractivity contribution is -0.147. The van der Waals surface area contributed by atoms with Gasteiger partial charge in [-0.15, -0.1) is 0 Å². The lowest BCUT2D eigenvalue weighted by atomic mass is 9.90. The van der Waals surface area contributed by atoms with Gasteiger partial charge in [-0.2, -0.15) is 4.98 Å². The fourth-order valence-electron chi connectivity index (χ4n) is 2.27. The zero-order valence-electron chi connectivity index (χ0n) is 15.8. The Kier molecular flexibility index (Phi) is 6.92. The average Bonchev–Trinajstić information content (AvgIpc) is 3.09. The van der Waals surface area contributed by atoms with Gasteiger partial charge in [-0.05, 0) is 51.5 Å². The minimum absolute atomic E-state index is 0.183. The molecular weight excluding hydrogens is 350 g/mol. The number of benzene rings is 1. The second kappa shape index (κ2) is 9.16. The number of carboxylic acids is 1. The largest absolute Gasteiger partial charge is 0.494 e. The molecule has 27 heavy (non-hydrogen) atoms. The van der Waals surface area contributed by atoms with E-state index in [0.717, 1.165) is 11.3 Å². The lowest BCUT2D eigenvalue weighted by Crippen LogP contribution is -2.32. The summed E-state index contributed by atoms with van der Waals surface area (Å²) in [7, 11) is 0. The molecule has 1 aromatic carbocycles. The molecule has 0 aliphatic rings. The van der Waals surface area contributed by atoms with Crippen LogP contribution in [0.5, 0.6) is 5.75 Å². The zero-order valence-corrected chi connectivity index (χ0v) is 15.8. The van der Waals surface area contributed by atoms with Crippen LogP contribution in [0, 0.1) is 5.41 Å². The number of hydrogen-bond donors (Lipinski definition) is 2. The third-order valence-electron chi connectivity index (χ3n) is 4.11. The van der Waals surface area contributed by atoms with Crippen LogP contribution in [0.25, 0.3) is 11.4 Å². The minimum atomic E-state index is -0.885. The highest BCUT2D eigenvalue weighted by atomic mass is 16.5. The van der Waals surface area contributed by atoms with Crippen LogP contribution in [-0.4, -0.2) is 40.3 Å². The van der Waals surface area contributed by atoms with Gasteiger partial charge >= 0.3 is 5.97 Å². The Bertz CT molecular complexity index is 768. The van der Waals surface area contributed by atoms with Gasteiger partial charge in [0.2, 0.25) is 17.6 Å². The van der Waals surface area contributed by atoms with Gasteiger partial charge in [0.25, 0.3) is 0 Å². The molecule has 1 aromatic heterocycles. The summed E-state index contributed by atoms with van der Waals surface area (Å²) in [5.74, 6) is 0.533. The summed E-state index contributed by atoms with van der Waals surface area (Å²) < 4.78 is 10.6. The molecular formula is C19H25N3O5. The van der Waals surface area contributed by atoms with Crippen molar-refractivity contribution in [3.63, 3.8) is 0 Å². The molecule has 0 radical (unpaired) electrons. The molecule has 2 rings (SSSR count). The number of hydrogen-bond acceptors (Lipinski definition) is 6. The van der Waals surface area contributed by atoms with Gasteiger partial charge in [0.1, 0.15) is 5.75 Å². The van der Waals surface area contributed by atoms with Crippen molar-refractivity contribution in [3.8, 4) is 17.1 Å². The fourth-order valence-corrected chi connectivity index (χ4v) is 2.27. The molecule has 0 bridgehead atoms. The number of aromatic nitrogens is 2. The molecule has 0 saturated carbocycles. The number of carbonyl (C=O) groups excluding carboxylic acids is 1. The second-order valence-corrected chi connectivity index (χ2v) is 6.76. The maximum absolute atomic E-state index is 11.9. The minimum Gasteiger partial charge on any atom is -0.494 e. The highest BCUT2D eigenvalue weighted by Crippen LogP contribution is 2.21. The van der Waals surface area contributed by atoms with Crippen molar-refractivity contribution < 1.29 is 24.0 Å². The summed E-state index contributed by atoms with van der Waals surface area (Å²) in [6.45, 7) is 6.08. The van der Waals surface area contributed by atoms with Gasteiger partial charge in [-0.3, -0.25) is 9.59 Å². The maximum atomic E-state index is 11.9.